The third-order valence-corrected chi connectivity index (χ3v) is 6.68. The van der Waals surface area contributed by atoms with E-state index in [-0.39, 0.29) is 12.7 Å². The number of nitrogens with one attached hydrogen (secondary N) is 2. The number of rotatable bonds is 10. The molecular weight excluding hydrogens is 476 g/mol. The number of hydrogen-bond donors (Lipinski definition) is 2. The molecule has 1 aliphatic heterocycles. The SMILES string of the molecule is COC(=O)[C@H](CCSC)NC(=O)c1ccc(CNc2ccc3c(c2)OCO3)cc1-c1ccccc1C. The maximum Gasteiger partial charge on any atom is 0.328 e. The van der Waals surface area contributed by atoms with Gasteiger partial charge in [-0.15, -0.1) is 0 Å². The third kappa shape index (κ3) is 5.94. The minimum atomic E-state index is -0.702. The molecule has 0 aromatic heterocycles. The molecule has 7 nitrogen and oxygen atoms in total. The summed E-state index contributed by atoms with van der Waals surface area (Å²) in [5.41, 5.74) is 5.26. The average Bonchev–Trinajstić information content (AvgIpc) is 3.37. The summed E-state index contributed by atoms with van der Waals surface area (Å²) >= 11 is 1.61. The van der Waals surface area contributed by atoms with Crippen molar-refractivity contribution in [2.45, 2.75) is 25.9 Å². The average molecular weight is 507 g/mol. The Hall–Kier alpha value is -3.65. The van der Waals surface area contributed by atoms with Crippen molar-refractivity contribution in [2.24, 2.45) is 0 Å². The number of benzene rings is 3. The highest BCUT2D eigenvalue weighted by molar-refractivity contribution is 7.98. The van der Waals surface area contributed by atoms with Gasteiger partial charge in [0.1, 0.15) is 6.04 Å². The van der Waals surface area contributed by atoms with Gasteiger partial charge in [-0.2, -0.15) is 11.8 Å². The van der Waals surface area contributed by atoms with E-state index < -0.39 is 12.0 Å². The number of carbonyl (C=O) groups is 2. The molecule has 36 heavy (non-hydrogen) atoms. The van der Waals surface area contributed by atoms with Crippen LogP contribution in [-0.4, -0.2) is 43.8 Å². The number of fused-ring (bicyclic) bond motifs is 1. The van der Waals surface area contributed by atoms with Crippen LogP contribution >= 0.6 is 11.8 Å². The number of methoxy groups -OCH3 is 1. The zero-order chi connectivity index (χ0) is 25.5. The third-order valence-electron chi connectivity index (χ3n) is 6.03. The van der Waals surface area contributed by atoms with Crippen LogP contribution in [0.15, 0.2) is 60.7 Å². The lowest BCUT2D eigenvalue weighted by molar-refractivity contribution is -0.142. The van der Waals surface area contributed by atoms with Crippen molar-refractivity contribution in [1.82, 2.24) is 5.32 Å². The van der Waals surface area contributed by atoms with E-state index in [2.05, 4.69) is 10.6 Å². The summed E-state index contributed by atoms with van der Waals surface area (Å²) < 4.78 is 15.8. The largest absolute Gasteiger partial charge is 0.467 e. The van der Waals surface area contributed by atoms with E-state index in [0.717, 1.165) is 39.4 Å². The maximum atomic E-state index is 13.4. The fraction of sp³-hybridized carbons (Fsp3) is 0.286. The predicted octanol–water partition coefficient (Wildman–Crippen LogP) is 5.03. The molecule has 4 rings (SSSR count). The number of esters is 1. The van der Waals surface area contributed by atoms with Gasteiger partial charge in [-0.25, -0.2) is 4.79 Å². The molecule has 8 heteroatoms. The Morgan fingerprint density at radius 2 is 1.83 bits per heavy atom. The van der Waals surface area contributed by atoms with E-state index in [9.17, 15) is 9.59 Å². The van der Waals surface area contributed by atoms with Crippen molar-refractivity contribution in [3.8, 4) is 22.6 Å². The second-order valence-corrected chi connectivity index (χ2v) is 9.43. The van der Waals surface area contributed by atoms with Crippen molar-refractivity contribution < 1.29 is 23.8 Å². The minimum Gasteiger partial charge on any atom is -0.467 e. The fourth-order valence-electron chi connectivity index (χ4n) is 4.07. The number of carbonyl (C=O) groups excluding carboxylic acids is 2. The van der Waals surface area contributed by atoms with Crippen LogP contribution in [0, 0.1) is 6.92 Å². The number of ether oxygens (including phenoxy) is 3. The molecule has 0 spiro atoms. The summed E-state index contributed by atoms with van der Waals surface area (Å²) in [5.74, 6) is 1.43. The lowest BCUT2D eigenvalue weighted by Gasteiger charge is -2.19. The van der Waals surface area contributed by atoms with E-state index in [4.69, 9.17) is 14.2 Å². The van der Waals surface area contributed by atoms with E-state index >= 15 is 0 Å². The van der Waals surface area contributed by atoms with Crippen LogP contribution in [0.5, 0.6) is 11.5 Å². The monoisotopic (exact) mass is 506 g/mol. The summed E-state index contributed by atoms with van der Waals surface area (Å²) in [7, 11) is 1.33. The molecule has 0 saturated carbocycles. The van der Waals surface area contributed by atoms with Crippen LogP contribution in [0.1, 0.15) is 27.9 Å². The van der Waals surface area contributed by atoms with E-state index in [1.165, 1.54) is 7.11 Å². The van der Waals surface area contributed by atoms with Crippen LogP contribution in [0.4, 0.5) is 5.69 Å². The molecule has 0 fully saturated rings. The van der Waals surface area contributed by atoms with Gasteiger partial charge in [0, 0.05) is 23.9 Å². The lowest BCUT2D eigenvalue weighted by Crippen LogP contribution is -2.42. The molecule has 0 saturated heterocycles. The van der Waals surface area contributed by atoms with Gasteiger partial charge in [-0.3, -0.25) is 4.79 Å². The Bertz CT molecular complexity index is 1250. The fourth-order valence-corrected chi connectivity index (χ4v) is 4.54. The molecule has 3 aromatic carbocycles. The van der Waals surface area contributed by atoms with Gasteiger partial charge in [0.2, 0.25) is 6.79 Å². The van der Waals surface area contributed by atoms with E-state index in [1.54, 1.807) is 11.8 Å². The van der Waals surface area contributed by atoms with Crippen LogP contribution in [-0.2, 0) is 16.1 Å². The van der Waals surface area contributed by atoms with Crippen molar-refractivity contribution in [2.75, 3.05) is 31.2 Å². The van der Waals surface area contributed by atoms with Gasteiger partial charge < -0.3 is 24.8 Å². The summed E-state index contributed by atoms with van der Waals surface area (Å²) in [4.78, 5) is 25.6. The van der Waals surface area contributed by atoms with Crippen molar-refractivity contribution >= 4 is 29.3 Å². The molecule has 1 heterocycles. The molecule has 188 valence electrons. The number of anilines is 1. The first-order valence-corrected chi connectivity index (χ1v) is 13.1. The van der Waals surface area contributed by atoms with Crippen LogP contribution in [0.2, 0.25) is 0 Å². The normalized spacial score (nSPS) is 12.6. The van der Waals surface area contributed by atoms with Gasteiger partial charge in [-0.05, 0) is 71.9 Å². The first-order valence-electron chi connectivity index (χ1n) is 11.7. The molecule has 0 aliphatic carbocycles. The van der Waals surface area contributed by atoms with Crippen LogP contribution in [0.25, 0.3) is 11.1 Å². The zero-order valence-electron chi connectivity index (χ0n) is 20.6. The second kappa shape index (κ2) is 11.9. The highest BCUT2D eigenvalue weighted by Gasteiger charge is 2.24. The first kappa shape index (κ1) is 25.4. The maximum absolute atomic E-state index is 13.4. The second-order valence-electron chi connectivity index (χ2n) is 8.45. The van der Waals surface area contributed by atoms with Crippen LogP contribution < -0.4 is 20.1 Å². The molecular formula is C28H30N2O5S. The standard InChI is InChI=1S/C28H30N2O5S/c1-18-6-4-5-7-21(18)23-14-19(16-29-20-9-11-25-26(15-20)35-17-34-25)8-10-22(23)27(31)30-24(12-13-36-3)28(32)33-2/h4-11,14-15,24,29H,12-13,16-17H2,1-3H3,(H,30,31)/t24-/m0/s1. The summed E-state index contributed by atoms with van der Waals surface area (Å²) in [5, 5.41) is 6.29. The Morgan fingerprint density at radius 1 is 1.03 bits per heavy atom. The van der Waals surface area contributed by atoms with Crippen LogP contribution in [0.3, 0.4) is 0 Å². The lowest BCUT2D eigenvalue weighted by atomic mass is 9.93. The van der Waals surface area contributed by atoms with E-state index in [1.807, 2.05) is 73.8 Å². The number of hydrogen-bond acceptors (Lipinski definition) is 7. The van der Waals surface area contributed by atoms with Gasteiger partial charge in [-0.1, -0.05) is 30.3 Å². The van der Waals surface area contributed by atoms with Crippen molar-refractivity contribution in [1.29, 1.82) is 0 Å². The molecule has 3 aromatic rings. The van der Waals surface area contributed by atoms with E-state index in [0.29, 0.717) is 24.3 Å². The molecule has 2 N–H and O–H groups in total. The quantitative estimate of drug-likeness (QED) is 0.373. The van der Waals surface area contributed by atoms with Gasteiger partial charge in [0.25, 0.3) is 5.91 Å². The smallest absolute Gasteiger partial charge is 0.328 e. The first-order chi connectivity index (χ1) is 17.5. The Labute approximate surface area is 215 Å². The predicted molar refractivity (Wildman–Crippen MR) is 143 cm³/mol. The summed E-state index contributed by atoms with van der Waals surface area (Å²) in [6.45, 7) is 2.80. The van der Waals surface area contributed by atoms with Crippen molar-refractivity contribution in [3.63, 3.8) is 0 Å². The molecule has 0 radical (unpaired) electrons. The topological polar surface area (TPSA) is 85.9 Å². The Kier molecular flexibility index (Phi) is 8.38. The summed E-state index contributed by atoms with van der Waals surface area (Å²) in [6.07, 6.45) is 2.46. The zero-order valence-corrected chi connectivity index (χ0v) is 21.4. The minimum absolute atomic E-state index is 0.232. The molecule has 1 aliphatic rings. The summed E-state index contributed by atoms with van der Waals surface area (Å²) in [6, 6.07) is 18.7. The molecule has 0 bridgehead atoms. The highest BCUT2D eigenvalue weighted by atomic mass is 32.2. The number of aryl methyl sites for hydroxylation is 1. The van der Waals surface area contributed by atoms with Gasteiger partial charge >= 0.3 is 5.97 Å². The number of thioether (sulfide) groups is 1. The molecule has 0 unspecified atom stereocenters. The Balaban J connectivity index is 1.60. The highest BCUT2D eigenvalue weighted by Crippen LogP contribution is 2.34. The van der Waals surface area contributed by atoms with Crippen molar-refractivity contribution in [3.05, 3.63) is 77.4 Å². The van der Waals surface area contributed by atoms with Gasteiger partial charge in [0.15, 0.2) is 11.5 Å². The Morgan fingerprint density at radius 3 is 2.61 bits per heavy atom. The van der Waals surface area contributed by atoms with Gasteiger partial charge in [0.05, 0.1) is 7.11 Å². The molecule has 1 atom stereocenters. The number of amides is 1. The molecule has 1 amide bonds.